The Morgan fingerprint density at radius 1 is 1.17 bits per heavy atom. The molecule has 0 saturated heterocycles. The summed E-state index contributed by atoms with van der Waals surface area (Å²) in [5.74, 6) is -1.08. The summed E-state index contributed by atoms with van der Waals surface area (Å²) >= 11 is 0. The number of ether oxygens (including phenoxy) is 1. The number of carboxylic acid groups (broad SMARTS) is 1. The molecule has 0 saturated carbocycles. The molecule has 30 heavy (non-hydrogen) atoms. The van der Waals surface area contributed by atoms with Crippen molar-refractivity contribution in [2.45, 2.75) is 37.1 Å². The van der Waals surface area contributed by atoms with Gasteiger partial charge in [-0.1, -0.05) is 17.7 Å². The highest BCUT2D eigenvalue weighted by Gasteiger charge is 2.26. The summed E-state index contributed by atoms with van der Waals surface area (Å²) in [5, 5.41) is 11.3. The molecular formula is C20H25N3O6S. The SMILES string of the molecule is Cc1ccc(S(=O)(=O)NC(COc2cccnc2)C(=O)NCCCCC(=O)O)cc1. The Labute approximate surface area is 175 Å². The molecule has 1 unspecified atom stereocenters. The largest absolute Gasteiger partial charge is 0.490 e. The van der Waals surface area contributed by atoms with Crippen molar-refractivity contribution in [3.05, 3.63) is 54.4 Å². The van der Waals surface area contributed by atoms with E-state index in [1.54, 1.807) is 30.5 Å². The van der Waals surface area contributed by atoms with Crippen LogP contribution in [0.15, 0.2) is 53.7 Å². The third-order valence-corrected chi connectivity index (χ3v) is 5.60. The molecule has 9 nitrogen and oxygen atoms in total. The predicted molar refractivity (Wildman–Crippen MR) is 110 cm³/mol. The van der Waals surface area contributed by atoms with Crippen LogP contribution in [0.2, 0.25) is 0 Å². The van der Waals surface area contributed by atoms with Gasteiger partial charge >= 0.3 is 5.97 Å². The number of amides is 1. The number of pyridine rings is 1. The Bertz CT molecular complexity index is 933. The van der Waals surface area contributed by atoms with E-state index in [9.17, 15) is 18.0 Å². The number of benzene rings is 1. The molecule has 1 atom stereocenters. The van der Waals surface area contributed by atoms with Crippen molar-refractivity contribution in [3.63, 3.8) is 0 Å². The number of sulfonamides is 1. The van der Waals surface area contributed by atoms with E-state index >= 15 is 0 Å². The Balaban J connectivity index is 2.04. The highest BCUT2D eigenvalue weighted by atomic mass is 32.2. The second-order valence-electron chi connectivity index (χ2n) is 6.63. The Hall–Kier alpha value is -2.98. The number of hydrogen-bond donors (Lipinski definition) is 3. The number of aromatic nitrogens is 1. The van der Waals surface area contributed by atoms with Crippen LogP contribution < -0.4 is 14.8 Å². The van der Waals surface area contributed by atoms with Gasteiger partial charge in [0, 0.05) is 19.2 Å². The molecule has 1 aromatic carbocycles. The summed E-state index contributed by atoms with van der Waals surface area (Å²) in [4.78, 5) is 27.1. The maximum Gasteiger partial charge on any atom is 0.303 e. The van der Waals surface area contributed by atoms with Gasteiger partial charge in [-0.3, -0.25) is 14.6 Å². The first-order chi connectivity index (χ1) is 14.3. The van der Waals surface area contributed by atoms with Gasteiger partial charge in [-0.05, 0) is 44.0 Å². The molecule has 0 bridgehead atoms. The number of carboxylic acids is 1. The van der Waals surface area contributed by atoms with Crippen molar-refractivity contribution in [1.82, 2.24) is 15.0 Å². The number of hydrogen-bond acceptors (Lipinski definition) is 6. The molecule has 10 heteroatoms. The van der Waals surface area contributed by atoms with E-state index in [1.165, 1.54) is 18.3 Å². The van der Waals surface area contributed by atoms with Crippen LogP contribution in [0.1, 0.15) is 24.8 Å². The minimum Gasteiger partial charge on any atom is -0.490 e. The lowest BCUT2D eigenvalue weighted by Gasteiger charge is -2.19. The fourth-order valence-corrected chi connectivity index (χ4v) is 3.66. The van der Waals surface area contributed by atoms with Crippen LogP contribution in [0.4, 0.5) is 0 Å². The van der Waals surface area contributed by atoms with Crippen LogP contribution in [-0.4, -0.2) is 49.6 Å². The molecule has 3 N–H and O–H groups in total. The molecule has 0 spiro atoms. The third kappa shape index (κ3) is 7.80. The first kappa shape index (κ1) is 23.3. The van der Waals surface area contributed by atoms with E-state index in [-0.39, 0.29) is 24.5 Å². The molecule has 162 valence electrons. The molecule has 1 amide bonds. The highest BCUT2D eigenvalue weighted by molar-refractivity contribution is 7.89. The summed E-state index contributed by atoms with van der Waals surface area (Å²) in [5.41, 5.74) is 0.907. The van der Waals surface area contributed by atoms with Crippen molar-refractivity contribution in [3.8, 4) is 5.75 Å². The van der Waals surface area contributed by atoms with Crippen LogP contribution in [0.25, 0.3) is 0 Å². The summed E-state index contributed by atoms with van der Waals surface area (Å²) in [6.45, 7) is 1.83. The van der Waals surface area contributed by atoms with Gasteiger partial charge in [-0.25, -0.2) is 8.42 Å². The fraction of sp³-hybridized carbons (Fsp3) is 0.350. The monoisotopic (exact) mass is 435 g/mol. The number of rotatable bonds is 12. The smallest absolute Gasteiger partial charge is 0.303 e. The number of nitrogens with zero attached hydrogens (tertiary/aromatic N) is 1. The van der Waals surface area contributed by atoms with Gasteiger partial charge < -0.3 is 15.2 Å². The lowest BCUT2D eigenvalue weighted by atomic mass is 10.2. The average Bonchev–Trinajstić information content (AvgIpc) is 2.71. The quantitative estimate of drug-likeness (QED) is 0.430. The number of aliphatic carboxylic acids is 1. The van der Waals surface area contributed by atoms with Gasteiger partial charge in [0.1, 0.15) is 18.4 Å². The molecule has 0 aliphatic rings. The second kappa shape index (κ2) is 11.3. The molecular weight excluding hydrogens is 410 g/mol. The van der Waals surface area contributed by atoms with Gasteiger partial charge in [0.15, 0.2) is 0 Å². The zero-order chi connectivity index (χ0) is 22.0. The molecule has 2 aromatic rings. The van der Waals surface area contributed by atoms with Crippen LogP contribution in [0.3, 0.4) is 0 Å². The Kier molecular flexibility index (Phi) is 8.75. The highest BCUT2D eigenvalue weighted by Crippen LogP contribution is 2.12. The van der Waals surface area contributed by atoms with Crippen LogP contribution in [-0.2, 0) is 19.6 Å². The van der Waals surface area contributed by atoms with E-state index in [0.29, 0.717) is 18.6 Å². The summed E-state index contributed by atoms with van der Waals surface area (Å²) in [6, 6.07) is 8.36. The lowest BCUT2D eigenvalue weighted by Crippen LogP contribution is -2.50. The molecule has 1 aromatic heterocycles. The van der Waals surface area contributed by atoms with Gasteiger partial charge in [0.2, 0.25) is 15.9 Å². The van der Waals surface area contributed by atoms with E-state index < -0.39 is 27.9 Å². The summed E-state index contributed by atoms with van der Waals surface area (Å²) in [6.07, 6.45) is 3.88. The summed E-state index contributed by atoms with van der Waals surface area (Å²) < 4.78 is 33.3. The molecule has 0 aliphatic heterocycles. The maximum absolute atomic E-state index is 12.7. The number of unbranched alkanes of at least 4 members (excludes halogenated alkanes) is 1. The first-order valence-electron chi connectivity index (χ1n) is 9.39. The van der Waals surface area contributed by atoms with E-state index in [2.05, 4.69) is 15.0 Å². The standard InChI is InChI=1S/C20H25N3O6S/c1-15-7-9-17(10-8-15)30(27,28)23-18(14-29-16-5-4-11-21-13-16)20(26)22-12-3-2-6-19(24)25/h4-5,7-11,13,18,23H,2-3,6,12,14H2,1H3,(H,22,26)(H,24,25). The zero-order valence-corrected chi connectivity index (χ0v) is 17.4. The third-order valence-electron chi connectivity index (χ3n) is 4.11. The van der Waals surface area contributed by atoms with Gasteiger partial charge in [-0.2, -0.15) is 4.72 Å². The van der Waals surface area contributed by atoms with Crippen LogP contribution in [0.5, 0.6) is 5.75 Å². The second-order valence-corrected chi connectivity index (χ2v) is 8.34. The van der Waals surface area contributed by atoms with Crippen molar-refractivity contribution in [2.75, 3.05) is 13.2 Å². The number of carbonyl (C=O) groups is 2. The minimum atomic E-state index is -3.96. The number of aryl methyl sites for hydroxylation is 1. The normalized spacial score (nSPS) is 12.2. The van der Waals surface area contributed by atoms with Crippen molar-refractivity contribution >= 4 is 21.9 Å². The van der Waals surface area contributed by atoms with E-state index in [4.69, 9.17) is 9.84 Å². The summed E-state index contributed by atoms with van der Waals surface area (Å²) in [7, 11) is -3.96. The van der Waals surface area contributed by atoms with Crippen LogP contribution in [0, 0.1) is 6.92 Å². The topological polar surface area (TPSA) is 135 Å². The van der Waals surface area contributed by atoms with Gasteiger partial charge in [0.05, 0.1) is 11.1 Å². The zero-order valence-electron chi connectivity index (χ0n) is 16.6. The van der Waals surface area contributed by atoms with Crippen molar-refractivity contribution in [1.29, 1.82) is 0 Å². The fourth-order valence-electron chi connectivity index (χ4n) is 2.48. The molecule has 2 rings (SSSR count). The Morgan fingerprint density at radius 2 is 1.90 bits per heavy atom. The lowest BCUT2D eigenvalue weighted by molar-refractivity contribution is -0.137. The van der Waals surface area contributed by atoms with Gasteiger partial charge in [-0.15, -0.1) is 0 Å². The predicted octanol–water partition coefficient (Wildman–Crippen LogP) is 1.49. The molecule has 0 aliphatic carbocycles. The van der Waals surface area contributed by atoms with Crippen LogP contribution >= 0.6 is 0 Å². The number of carbonyl (C=O) groups excluding carboxylic acids is 1. The molecule has 0 radical (unpaired) electrons. The van der Waals surface area contributed by atoms with E-state index in [1.807, 2.05) is 6.92 Å². The first-order valence-corrected chi connectivity index (χ1v) is 10.9. The average molecular weight is 436 g/mol. The maximum atomic E-state index is 12.7. The van der Waals surface area contributed by atoms with E-state index in [0.717, 1.165) is 5.56 Å². The van der Waals surface area contributed by atoms with Gasteiger partial charge in [0.25, 0.3) is 0 Å². The number of nitrogens with one attached hydrogen (secondary N) is 2. The molecule has 0 fully saturated rings. The minimum absolute atomic E-state index is 0.00344. The van der Waals surface area contributed by atoms with Crippen molar-refractivity contribution in [2.24, 2.45) is 0 Å². The molecule has 1 heterocycles. The van der Waals surface area contributed by atoms with Crippen molar-refractivity contribution < 1.29 is 27.9 Å². The Morgan fingerprint density at radius 3 is 2.53 bits per heavy atom.